The maximum Gasteiger partial charge on any atom is 0.707 e. The average Bonchev–Trinajstić information content (AvgIpc) is 2.86. The van der Waals surface area contributed by atoms with Crippen LogP contribution < -0.4 is 9.55 Å². The molecule has 0 unspecified atom stereocenters. The van der Waals surface area contributed by atoms with E-state index in [4.69, 9.17) is 4.65 Å². The van der Waals surface area contributed by atoms with E-state index in [1.54, 1.807) is 12.1 Å². The van der Waals surface area contributed by atoms with Crippen LogP contribution in [0.25, 0.3) is 21.9 Å². The van der Waals surface area contributed by atoms with E-state index < -0.39 is 7.32 Å². The molecule has 0 saturated carbocycles. The van der Waals surface area contributed by atoms with Gasteiger partial charge in [0, 0.05) is 11.4 Å². The van der Waals surface area contributed by atoms with Gasteiger partial charge in [0.25, 0.3) is 0 Å². The molecule has 0 aliphatic carbocycles. The fraction of sp³-hybridized carbons (Fsp3) is 0. The van der Waals surface area contributed by atoms with Gasteiger partial charge in [-0.3, -0.25) is 0 Å². The van der Waals surface area contributed by atoms with Crippen LogP contribution in [0.4, 0.5) is 17.1 Å². The van der Waals surface area contributed by atoms with Gasteiger partial charge in [0.05, 0.1) is 5.69 Å². The van der Waals surface area contributed by atoms with Crippen LogP contribution in [0.3, 0.4) is 0 Å². The molecule has 0 amide bonds. The third-order valence-corrected chi connectivity index (χ3v) is 5.58. The number of fused-ring (bicyclic) bond motifs is 1. The molecule has 2 N–H and O–H groups in total. The van der Waals surface area contributed by atoms with Crippen molar-refractivity contribution in [3.05, 3.63) is 121 Å². The molecule has 5 rings (SSSR count). The minimum absolute atomic E-state index is 0.370. The predicted octanol–water partition coefficient (Wildman–Crippen LogP) is 6.32. The minimum atomic E-state index is -1.91. The summed E-state index contributed by atoms with van der Waals surface area (Å²) in [5, 5.41) is 21.3. The lowest BCUT2D eigenvalue weighted by molar-refractivity contribution is 0.288. The van der Waals surface area contributed by atoms with Gasteiger partial charge in [-0.05, 0) is 58.3 Å². The number of rotatable bonds is 6. The molecular weight excluding hydrogens is 409 g/mol. The zero-order chi connectivity index (χ0) is 22.6. The number of nitrogens with zero attached hydrogens (tertiary/aromatic N) is 1. The lowest BCUT2D eigenvalue weighted by Crippen LogP contribution is -2.22. The lowest BCUT2D eigenvalue weighted by atomic mass is 9.98. The van der Waals surface area contributed by atoms with Crippen LogP contribution in [0.5, 0.6) is 5.75 Å². The van der Waals surface area contributed by atoms with Crippen LogP contribution in [0.2, 0.25) is 0 Å². The van der Waals surface area contributed by atoms with E-state index in [2.05, 4.69) is 66.7 Å². The van der Waals surface area contributed by atoms with Crippen molar-refractivity contribution >= 4 is 35.2 Å². The van der Waals surface area contributed by atoms with Crippen molar-refractivity contribution in [3.8, 4) is 16.9 Å². The monoisotopic (exact) mass is 431 g/mol. The maximum absolute atomic E-state index is 9.42. The first-order chi connectivity index (χ1) is 16.2. The number of benzene rings is 5. The molecule has 5 aromatic carbocycles. The molecule has 0 atom stereocenters. The Morgan fingerprint density at radius 1 is 0.576 bits per heavy atom. The third kappa shape index (κ3) is 4.33. The highest BCUT2D eigenvalue weighted by Gasteiger charge is 2.20. The zero-order valence-electron chi connectivity index (χ0n) is 17.9. The standard InChI is InChI=1S/C28H22BNO3/c31-29(32)33-28-16-7-6-15-27(28)30(23-11-2-1-3-12-23)24-19-17-22(18-20-24)26-14-8-10-21-9-4-5-13-25(21)26/h1-20,31-32H. The Kier molecular flexibility index (Phi) is 5.81. The van der Waals surface area contributed by atoms with Crippen molar-refractivity contribution in [2.45, 2.75) is 0 Å². The van der Waals surface area contributed by atoms with E-state index in [0.717, 1.165) is 16.9 Å². The molecule has 0 radical (unpaired) electrons. The van der Waals surface area contributed by atoms with Crippen LogP contribution in [0.15, 0.2) is 121 Å². The molecule has 0 aromatic heterocycles. The molecule has 160 valence electrons. The topological polar surface area (TPSA) is 52.9 Å². The van der Waals surface area contributed by atoms with Gasteiger partial charge >= 0.3 is 7.32 Å². The third-order valence-electron chi connectivity index (χ3n) is 5.58. The van der Waals surface area contributed by atoms with Crippen molar-refractivity contribution in [1.29, 1.82) is 0 Å². The zero-order valence-corrected chi connectivity index (χ0v) is 17.9. The molecular formula is C28H22BNO3. The first kappa shape index (κ1) is 20.8. The summed E-state index contributed by atoms with van der Waals surface area (Å²) >= 11 is 0. The molecule has 0 aliphatic heterocycles. The summed E-state index contributed by atoms with van der Waals surface area (Å²) in [5.41, 5.74) is 4.86. The van der Waals surface area contributed by atoms with Crippen molar-refractivity contribution in [3.63, 3.8) is 0 Å². The predicted molar refractivity (Wildman–Crippen MR) is 135 cm³/mol. The number of para-hydroxylation sites is 3. The summed E-state index contributed by atoms with van der Waals surface area (Å²) in [4.78, 5) is 2.03. The summed E-state index contributed by atoms with van der Waals surface area (Å²) in [6, 6.07) is 40.3. The summed E-state index contributed by atoms with van der Waals surface area (Å²) in [6.45, 7) is 0. The highest BCUT2D eigenvalue weighted by Crippen LogP contribution is 2.41. The van der Waals surface area contributed by atoms with E-state index in [-0.39, 0.29) is 0 Å². The highest BCUT2D eigenvalue weighted by molar-refractivity contribution is 6.34. The van der Waals surface area contributed by atoms with E-state index in [1.165, 1.54) is 16.3 Å². The Bertz CT molecular complexity index is 1370. The Morgan fingerprint density at radius 2 is 1.21 bits per heavy atom. The fourth-order valence-corrected chi connectivity index (χ4v) is 4.13. The molecule has 5 heteroatoms. The Morgan fingerprint density at radius 3 is 2.00 bits per heavy atom. The van der Waals surface area contributed by atoms with Gasteiger partial charge in [0.2, 0.25) is 0 Å². The van der Waals surface area contributed by atoms with Gasteiger partial charge in [-0.15, -0.1) is 0 Å². The van der Waals surface area contributed by atoms with Gasteiger partial charge in [0.15, 0.2) is 0 Å². The normalized spacial score (nSPS) is 10.7. The summed E-state index contributed by atoms with van der Waals surface area (Å²) < 4.78 is 5.28. The second kappa shape index (κ2) is 9.21. The number of hydrogen-bond acceptors (Lipinski definition) is 4. The van der Waals surface area contributed by atoms with Gasteiger partial charge in [-0.25, -0.2) is 0 Å². The molecule has 0 spiro atoms. The molecule has 5 aromatic rings. The summed E-state index contributed by atoms with van der Waals surface area (Å²) in [7, 11) is -1.91. The van der Waals surface area contributed by atoms with E-state index in [1.807, 2.05) is 47.4 Å². The minimum Gasteiger partial charge on any atom is -0.510 e. The number of hydrogen-bond donors (Lipinski definition) is 2. The highest BCUT2D eigenvalue weighted by atomic mass is 16.6. The van der Waals surface area contributed by atoms with E-state index in [0.29, 0.717) is 11.4 Å². The molecule has 33 heavy (non-hydrogen) atoms. The lowest BCUT2D eigenvalue weighted by Gasteiger charge is -2.27. The first-order valence-electron chi connectivity index (χ1n) is 10.8. The van der Waals surface area contributed by atoms with Gasteiger partial charge in [-0.2, -0.15) is 0 Å². The number of anilines is 3. The van der Waals surface area contributed by atoms with Gasteiger partial charge in [-0.1, -0.05) is 84.9 Å². The molecule has 0 saturated heterocycles. The smallest absolute Gasteiger partial charge is 0.510 e. The molecule has 0 aliphatic rings. The summed E-state index contributed by atoms with van der Waals surface area (Å²) in [5.74, 6) is 0.370. The van der Waals surface area contributed by atoms with Crippen LogP contribution in [0, 0.1) is 0 Å². The van der Waals surface area contributed by atoms with Crippen molar-refractivity contribution in [2.75, 3.05) is 4.90 Å². The van der Waals surface area contributed by atoms with E-state index >= 15 is 0 Å². The van der Waals surface area contributed by atoms with Gasteiger partial charge < -0.3 is 19.6 Å². The van der Waals surface area contributed by atoms with Crippen LogP contribution in [-0.2, 0) is 0 Å². The second-order valence-corrected chi connectivity index (χ2v) is 7.66. The van der Waals surface area contributed by atoms with Crippen molar-refractivity contribution < 1.29 is 14.7 Å². The Hall–Kier alpha value is -4.06. The largest absolute Gasteiger partial charge is 0.707 e. The summed E-state index contributed by atoms with van der Waals surface area (Å²) in [6.07, 6.45) is 0. The Balaban J connectivity index is 1.60. The molecule has 0 bridgehead atoms. The molecule has 0 fully saturated rings. The van der Waals surface area contributed by atoms with E-state index in [9.17, 15) is 10.0 Å². The SMILES string of the molecule is OB(O)Oc1ccccc1N(c1ccccc1)c1ccc(-c2cccc3ccccc23)cc1. The maximum atomic E-state index is 9.42. The van der Waals surface area contributed by atoms with Crippen molar-refractivity contribution in [2.24, 2.45) is 0 Å². The van der Waals surface area contributed by atoms with Gasteiger partial charge in [0.1, 0.15) is 5.75 Å². The average molecular weight is 431 g/mol. The van der Waals surface area contributed by atoms with Crippen LogP contribution >= 0.6 is 0 Å². The molecule has 4 nitrogen and oxygen atoms in total. The fourth-order valence-electron chi connectivity index (χ4n) is 4.13. The quantitative estimate of drug-likeness (QED) is 0.309. The Labute approximate surface area is 193 Å². The van der Waals surface area contributed by atoms with Crippen molar-refractivity contribution in [1.82, 2.24) is 0 Å². The second-order valence-electron chi connectivity index (χ2n) is 7.66. The molecule has 0 heterocycles. The van der Waals surface area contributed by atoms with Crippen LogP contribution in [-0.4, -0.2) is 17.4 Å². The first-order valence-corrected chi connectivity index (χ1v) is 10.8. The van der Waals surface area contributed by atoms with Crippen LogP contribution in [0.1, 0.15) is 0 Å².